The Balaban J connectivity index is 1.81. The van der Waals surface area contributed by atoms with Crippen LogP contribution in [0, 0.1) is 0 Å². The van der Waals surface area contributed by atoms with Crippen LogP contribution in [0.5, 0.6) is 5.75 Å². The number of hydrogen-bond acceptors (Lipinski definition) is 4. The molecule has 0 aliphatic carbocycles. The zero-order valence-corrected chi connectivity index (χ0v) is 20.3. The van der Waals surface area contributed by atoms with Gasteiger partial charge in [0.25, 0.3) is 5.91 Å². The van der Waals surface area contributed by atoms with Crippen molar-refractivity contribution in [2.24, 2.45) is 0 Å². The topological polar surface area (TPSA) is 61.9 Å². The lowest BCUT2D eigenvalue weighted by Crippen LogP contribution is -2.46. The molecule has 0 bridgehead atoms. The number of nitrogens with zero attached hydrogens (tertiary/aromatic N) is 2. The van der Waals surface area contributed by atoms with Gasteiger partial charge in [-0.3, -0.25) is 9.59 Å². The summed E-state index contributed by atoms with van der Waals surface area (Å²) in [4.78, 5) is 30.8. The molecule has 0 fully saturated rings. The minimum Gasteiger partial charge on any atom is -0.497 e. The first-order valence-corrected chi connectivity index (χ1v) is 12.0. The van der Waals surface area contributed by atoms with Gasteiger partial charge in [-0.2, -0.15) is 0 Å². The lowest BCUT2D eigenvalue weighted by atomic mass is 9.79. The summed E-state index contributed by atoms with van der Waals surface area (Å²) in [6, 6.07) is 14.7. The summed E-state index contributed by atoms with van der Waals surface area (Å²) in [6.07, 6.45) is 3.17. The first kappa shape index (κ1) is 24.8. The van der Waals surface area contributed by atoms with E-state index in [0.29, 0.717) is 12.1 Å². The van der Waals surface area contributed by atoms with Crippen LogP contribution < -0.4 is 10.1 Å². The Morgan fingerprint density at radius 1 is 1.03 bits per heavy atom. The molecule has 0 saturated heterocycles. The second kappa shape index (κ2) is 11.8. The minimum absolute atomic E-state index is 0.0415. The maximum absolute atomic E-state index is 13.5. The van der Waals surface area contributed by atoms with E-state index < -0.39 is 5.92 Å². The minimum atomic E-state index is -0.473. The molecular formula is C27H37N3O3. The number of carbonyl (C=O) groups excluding carboxylic acids is 2. The third kappa shape index (κ3) is 5.74. The normalized spacial score (nSPS) is 17.7. The molecule has 2 aromatic rings. The molecule has 178 valence electrons. The summed E-state index contributed by atoms with van der Waals surface area (Å²) in [5, 5.41) is 3.16. The highest BCUT2D eigenvalue weighted by atomic mass is 16.5. The Labute approximate surface area is 197 Å². The number of likely N-dealkylation sites (N-methyl/N-ethyl adjacent to an activating group) is 1. The smallest absolute Gasteiger partial charge is 0.254 e. The summed E-state index contributed by atoms with van der Waals surface area (Å²) >= 11 is 0. The summed E-state index contributed by atoms with van der Waals surface area (Å²) in [6.45, 7) is 8.16. The van der Waals surface area contributed by atoms with E-state index in [0.717, 1.165) is 55.8 Å². The number of amides is 2. The number of rotatable bonds is 11. The van der Waals surface area contributed by atoms with Gasteiger partial charge in [0, 0.05) is 19.2 Å². The van der Waals surface area contributed by atoms with Gasteiger partial charge in [-0.15, -0.1) is 0 Å². The Kier molecular flexibility index (Phi) is 8.89. The molecule has 6 heteroatoms. The van der Waals surface area contributed by atoms with Gasteiger partial charge in [0.2, 0.25) is 5.91 Å². The number of carbonyl (C=O) groups is 2. The van der Waals surface area contributed by atoms with Gasteiger partial charge in [-0.05, 0) is 68.2 Å². The summed E-state index contributed by atoms with van der Waals surface area (Å²) in [5.41, 5.74) is 2.30. The Morgan fingerprint density at radius 3 is 2.33 bits per heavy atom. The molecule has 2 atom stereocenters. The second-order valence-electron chi connectivity index (χ2n) is 8.69. The Hall–Kier alpha value is -2.86. The van der Waals surface area contributed by atoms with Gasteiger partial charge >= 0.3 is 0 Å². The van der Waals surface area contributed by atoms with Gasteiger partial charge in [-0.25, -0.2) is 0 Å². The highest BCUT2D eigenvalue weighted by Crippen LogP contribution is 2.42. The first-order valence-electron chi connectivity index (χ1n) is 12.0. The molecule has 2 amide bonds. The Bertz CT molecular complexity index is 922. The van der Waals surface area contributed by atoms with Crippen molar-refractivity contribution in [3.05, 3.63) is 65.2 Å². The van der Waals surface area contributed by atoms with E-state index in [1.165, 1.54) is 0 Å². The Morgan fingerprint density at radius 2 is 1.70 bits per heavy atom. The van der Waals surface area contributed by atoms with Gasteiger partial charge in [-0.1, -0.05) is 44.2 Å². The van der Waals surface area contributed by atoms with Crippen molar-refractivity contribution in [2.45, 2.75) is 45.1 Å². The van der Waals surface area contributed by atoms with Crippen LogP contribution in [0.2, 0.25) is 0 Å². The van der Waals surface area contributed by atoms with Crippen molar-refractivity contribution in [1.82, 2.24) is 15.1 Å². The molecule has 1 N–H and O–H groups in total. The predicted octanol–water partition coefficient (Wildman–Crippen LogP) is 4.23. The van der Waals surface area contributed by atoms with Crippen LogP contribution in [0.15, 0.2) is 48.5 Å². The fraction of sp³-hybridized carbons (Fsp3) is 0.481. The molecule has 1 aliphatic rings. The molecule has 0 spiro atoms. The number of nitrogens with one attached hydrogen (secondary N) is 1. The van der Waals surface area contributed by atoms with E-state index in [9.17, 15) is 9.59 Å². The molecule has 2 unspecified atom stereocenters. The highest BCUT2D eigenvalue weighted by Gasteiger charge is 2.42. The van der Waals surface area contributed by atoms with E-state index in [1.807, 2.05) is 48.5 Å². The van der Waals surface area contributed by atoms with Gasteiger partial charge < -0.3 is 19.9 Å². The number of ether oxygens (including phenoxy) is 1. The molecule has 0 aromatic heterocycles. The maximum Gasteiger partial charge on any atom is 0.254 e. The quantitative estimate of drug-likeness (QED) is 0.519. The highest BCUT2D eigenvalue weighted by molar-refractivity contribution is 6.01. The third-order valence-corrected chi connectivity index (χ3v) is 6.35. The third-order valence-electron chi connectivity index (χ3n) is 6.35. The van der Waals surface area contributed by atoms with E-state index in [4.69, 9.17) is 4.74 Å². The van der Waals surface area contributed by atoms with Crippen molar-refractivity contribution < 1.29 is 14.3 Å². The summed E-state index contributed by atoms with van der Waals surface area (Å²) in [5.74, 6) is 0.165. The van der Waals surface area contributed by atoms with Crippen LogP contribution >= 0.6 is 0 Å². The fourth-order valence-electron chi connectivity index (χ4n) is 4.77. The molecule has 33 heavy (non-hydrogen) atoms. The average molecular weight is 452 g/mol. The van der Waals surface area contributed by atoms with Crippen LogP contribution in [0.3, 0.4) is 0 Å². The van der Waals surface area contributed by atoms with Gasteiger partial charge in [0.1, 0.15) is 5.75 Å². The zero-order valence-electron chi connectivity index (χ0n) is 20.3. The first-order chi connectivity index (χ1) is 16.0. The van der Waals surface area contributed by atoms with Crippen molar-refractivity contribution in [3.8, 4) is 5.75 Å². The average Bonchev–Trinajstić information content (AvgIpc) is 2.84. The molecule has 0 radical (unpaired) electrons. The second-order valence-corrected chi connectivity index (χ2v) is 8.69. The van der Waals surface area contributed by atoms with Crippen LogP contribution in [0.4, 0.5) is 0 Å². The van der Waals surface area contributed by atoms with Gasteiger partial charge in [0.05, 0.1) is 19.1 Å². The van der Waals surface area contributed by atoms with E-state index in [-0.39, 0.29) is 17.9 Å². The number of hydrogen-bond donors (Lipinski definition) is 1. The van der Waals surface area contributed by atoms with Crippen LogP contribution in [0.25, 0.3) is 0 Å². The SMILES string of the molecule is CCCN(CCC)CCCNC(=O)C1c2ccccc2C(=O)N(C)C1c1ccc(OC)cc1. The summed E-state index contributed by atoms with van der Waals surface area (Å²) < 4.78 is 5.29. The molecule has 0 saturated carbocycles. The number of methoxy groups -OCH3 is 1. The van der Waals surface area contributed by atoms with Crippen molar-refractivity contribution >= 4 is 11.8 Å². The van der Waals surface area contributed by atoms with Crippen molar-refractivity contribution in [3.63, 3.8) is 0 Å². The van der Waals surface area contributed by atoms with Crippen LogP contribution in [-0.4, -0.2) is 62.0 Å². The number of benzene rings is 2. The molecular weight excluding hydrogens is 414 g/mol. The molecule has 1 aliphatic heterocycles. The molecule has 1 heterocycles. The molecule has 3 rings (SSSR count). The monoisotopic (exact) mass is 451 g/mol. The van der Waals surface area contributed by atoms with Crippen LogP contribution in [-0.2, 0) is 4.79 Å². The largest absolute Gasteiger partial charge is 0.497 e. The predicted molar refractivity (Wildman–Crippen MR) is 132 cm³/mol. The maximum atomic E-state index is 13.5. The standard InChI is InChI=1S/C27H37N3O3/c1-5-17-30(18-6-2)19-9-16-28-26(31)24-22-10-7-8-11-23(22)27(32)29(3)25(24)20-12-14-21(33-4)15-13-20/h7-8,10-15,24-25H,5-6,9,16-19H2,1-4H3,(H,28,31). The van der Waals surface area contributed by atoms with Crippen LogP contribution in [0.1, 0.15) is 66.6 Å². The van der Waals surface area contributed by atoms with E-state index in [2.05, 4.69) is 24.1 Å². The van der Waals surface area contributed by atoms with E-state index in [1.54, 1.807) is 19.1 Å². The van der Waals surface area contributed by atoms with Crippen molar-refractivity contribution in [1.29, 1.82) is 0 Å². The van der Waals surface area contributed by atoms with Gasteiger partial charge in [0.15, 0.2) is 0 Å². The lowest BCUT2D eigenvalue weighted by Gasteiger charge is -2.39. The number of fused-ring (bicyclic) bond motifs is 1. The zero-order chi connectivity index (χ0) is 23.8. The lowest BCUT2D eigenvalue weighted by molar-refractivity contribution is -0.124. The fourth-order valence-corrected chi connectivity index (χ4v) is 4.77. The molecule has 6 nitrogen and oxygen atoms in total. The molecule has 2 aromatic carbocycles. The van der Waals surface area contributed by atoms with Crippen molar-refractivity contribution in [2.75, 3.05) is 40.3 Å². The van der Waals surface area contributed by atoms with E-state index >= 15 is 0 Å². The summed E-state index contributed by atoms with van der Waals surface area (Å²) in [7, 11) is 3.40.